The van der Waals surface area contributed by atoms with Crippen molar-refractivity contribution in [1.29, 1.82) is 5.26 Å². The van der Waals surface area contributed by atoms with Gasteiger partial charge in [0.05, 0.1) is 12.0 Å². The molecular weight excluding hydrogens is 348 g/mol. The Morgan fingerprint density at radius 1 is 1.30 bits per heavy atom. The summed E-state index contributed by atoms with van der Waals surface area (Å²) < 4.78 is 5.27. The smallest absolute Gasteiger partial charge is 0.271 e. The number of hydrogen-bond donors (Lipinski definition) is 2. The fraction of sp³-hybridized carbons (Fsp3) is 0.158. The molecule has 138 valence electrons. The van der Waals surface area contributed by atoms with Crippen molar-refractivity contribution in [2.75, 3.05) is 19.0 Å². The molecule has 0 bridgehead atoms. The molecule has 27 heavy (non-hydrogen) atoms. The lowest BCUT2D eigenvalue weighted by Crippen LogP contribution is -2.18. The highest BCUT2D eigenvalue weighted by Gasteiger charge is 2.12. The van der Waals surface area contributed by atoms with Gasteiger partial charge in [-0.15, -0.1) is 0 Å². The molecule has 0 saturated heterocycles. The number of carbonyl (C=O) groups excluding carboxylic acids is 1. The van der Waals surface area contributed by atoms with Crippen molar-refractivity contribution in [2.24, 2.45) is 0 Å². The van der Waals surface area contributed by atoms with Gasteiger partial charge in [0.2, 0.25) is 0 Å². The van der Waals surface area contributed by atoms with Crippen LogP contribution in [0.25, 0.3) is 0 Å². The van der Waals surface area contributed by atoms with E-state index in [9.17, 15) is 14.9 Å². The van der Waals surface area contributed by atoms with Gasteiger partial charge < -0.3 is 15.4 Å². The van der Waals surface area contributed by atoms with E-state index in [2.05, 4.69) is 10.6 Å². The average Bonchev–Trinajstić information content (AvgIpc) is 2.68. The topological polar surface area (TPSA) is 117 Å². The SMILES string of the molecule is COc1ccccc1CCN/C=C(/C#N)C(=O)Nc1cccc([N+](=O)[O-])c1. The summed E-state index contributed by atoms with van der Waals surface area (Å²) >= 11 is 0. The Kier molecular flexibility index (Phi) is 6.91. The molecule has 0 aliphatic carbocycles. The lowest BCUT2D eigenvalue weighted by molar-refractivity contribution is -0.384. The van der Waals surface area contributed by atoms with Crippen LogP contribution in [-0.4, -0.2) is 24.5 Å². The molecule has 0 atom stereocenters. The number of nitrogens with zero attached hydrogens (tertiary/aromatic N) is 2. The highest BCUT2D eigenvalue weighted by Crippen LogP contribution is 2.18. The minimum atomic E-state index is -0.650. The van der Waals surface area contributed by atoms with E-state index in [1.54, 1.807) is 7.11 Å². The van der Waals surface area contributed by atoms with E-state index in [1.165, 1.54) is 30.5 Å². The molecule has 0 fully saturated rings. The summed E-state index contributed by atoms with van der Waals surface area (Å²) in [6.45, 7) is 0.496. The lowest BCUT2D eigenvalue weighted by atomic mass is 10.1. The molecule has 0 aromatic heterocycles. The standard InChI is InChI=1S/C19H18N4O4/c1-27-18-8-3-2-5-14(18)9-10-21-13-15(12-20)19(24)22-16-6-4-7-17(11-16)23(25)26/h2-8,11,13,21H,9-10H2,1H3,(H,22,24)/b15-13-. The highest BCUT2D eigenvalue weighted by molar-refractivity contribution is 6.06. The quantitative estimate of drug-likeness (QED) is 0.244. The Morgan fingerprint density at radius 2 is 2.07 bits per heavy atom. The van der Waals surface area contributed by atoms with Crippen molar-refractivity contribution < 1.29 is 14.5 Å². The zero-order valence-electron chi connectivity index (χ0n) is 14.6. The Bertz CT molecular complexity index is 903. The second-order valence-electron chi connectivity index (χ2n) is 5.45. The number of para-hydroxylation sites is 1. The van der Waals surface area contributed by atoms with Gasteiger partial charge in [0, 0.05) is 30.6 Å². The molecule has 2 N–H and O–H groups in total. The number of ether oxygens (including phenoxy) is 1. The predicted octanol–water partition coefficient (Wildman–Crippen LogP) is 2.78. The normalized spacial score (nSPS) is 10.6. The number of non-ortho nitro benzene ring substituents is 1. The molecule has 2 aromatic carbocycles. The number of rotatable bonds is 8. The summed E-state index contributed by atoms with van der Waals surface area (Å²) in [4.78, 5) is 22.4. The zero-order chi connectivity index (χ0) is 19.6. The van der Waals surface area contributed by atoms with Gasteiger partial charge >= 0.3 is 0 Å². The Labute approximate surface area is 156 Å². The van der Waals surface area contributed by atoms with Crippen molar-refractivity contribution in [1.82, 2.24) is 5.32 Å². The second kappa shape index (κ2) is 9.58. The number of hydrogen-bond acceptors (Lipinski definition) is 6. The largest absolute Gasteiger partial charge is 0.496 e. The van der Waals surface area contributed by atoms with Crippen LogP contribution in [0, 0.1) is 21.4 Å². The van der Waals surface area contributed by atoms with Crippen LogP contribution in [0.3, 0.4) is 0 Å². The Balaban J connectivity index is 1.95. The number of methoxy groups -OCH3 is 1. The van der Waals surface area contributed by atoms with Crippen LogP contribution < -0.4 is 15.4 Å². The van der Waals surface area contributed by atoms with Gasteiger partial charge in [0.25, 0.3) is 11.6 Å². The van der Waals surface area contributed by atoms with Gasteiger partial charge in [0.15, 0.2) is 0 Å². The van der Waals surface area contributed by atoms with E-state index in [4.69, 9.17) is 10.00 Å². The van der Waals surface area contributed by atoms with Gasteiger partial charge in [-0.05, 0) is 24.1 Å². The lowest BCUT2D eigenvalue weighted by Gasteiger charge is -2.08. The van der Waals surface area contributed by atoms with Crippen molar-refractivity contribution in [3.63, 3.8) is 0 Å². The first-order valence-corrected chi connectivity index (χ1v) is 8.06. The number of nitro benzene ring substituents is 1. The zero-order valence-corrected chi connectivity index (χ0v) is 14.6. The maximum absolute atomic E-state index is 12.2. The van der Waals surface area contributed by atoms with Crippen LogP contribution in [0.1, 0.15) is 5.56 Å². The third-order valence-electron chi connectivity index (χ3n) is 3.66. The fourth-order valence-electron chi connectivity index (χ4n) is 2.33. The van der Waals surface area contributed by atoms with Crippen LogP contribution in [-0.2, 0) is 11.2 Å². The van der Waals surface area contributed by atoms with E-state index in [1.807, 2.05) is 30.3 Å². The summed E-state index contributed by atoms with van der Waals surface area (Å²) in [7, 11) is 1.60. The maximum Gasteiger partial charge on any atom is 0.271 e. The molecule has 2 rings (SSSR count). The van der Waals surface area contributed by atoms with Crippen molar-refractivity contribution in [3.05, 3.63) is 76.0 Å². The molecule has 1 amide bonds. The van der Waals surface area contributed by atoms with E-state index in [0.717, 1.165) is 11.3 Å². The fourth-order valence-corrected chi connectivity index (χ4v) is 2.33. The van der Waals surface area contributed by atoms with E-state index in [-0.39, 0.29) is 16.9 Å². The number of carbonyl (C=O) groups is 1. The van der Waals surface area contributed by atoms with Gasteiger partial charge in [-0.1, -0.05) is 24.3 Å². The van der Waals surface area contributed by atoms with Crippen molar-refractivity contribution in [3.8, 4) is 11.8 Å². The number of nitriles is 1. The summed E-state index contributed by atoms with van der Waals surface area (Å²) in [5.41, 5.74) is 0.955. The van der Waals surface area contributed by atoms with E-state index < -0.39 is 10.8 Å². The van der Waals surface area contributed by atoms with Crippen molar-refractivity contribution >= 4 is 17.3 Å². The monoisotopic (exact) mass is 366 g/mol. The number of nitro groups is 1. The molecule has 2 aromatic rings. The molecule has 0 saturated carbocycles. The summed E-state index contributed by atoms with van der Waals surface area (Å²) in [6.07, 6.45) is 1.97. The highest BCUT2D eigenvalue weighted by atomic mass is 16.6. The summed E-state index contributed by atoms with van der Waals surface area (Å²) in [6, 6.07) is 14.9. The molecule has 0 radical (unpaired) electrons. The first-order valence-electron chi connectivity index (χ1n) is 8.06. The van der Waals surface area contributed by atoms with Crippen LogP contribution >= 0.6 is 0 Å². The molecule has 0 aliphatic heterocycles. The first-order chi connectivity index (χ1) is 13.0. The molecule has 0 unspecified atom stereocenters. The molecule has 0 spiro atoms. The molecule has 8 heteroatoms. The molecule has 8 nitrogen and oxygen atoms in total. The predicted molar refractivity (Wildman–Crippen MR) is 100 cm³/mol. The molecule has 0 aliphatic rings. The number of benzene rings is 2. The van der Waals surface area contributed by atoms with Crippen LogP contribution in [0.4, 0.5) is 11.4 Å². The van der Waals surface area contributed by atoms with E-state index >= 15 is 0 Å². The molecular formula is C19H18N4O4. The average molecular weight is 366 g/mol. The second-order valence-corrected chi connectivity index (χ2v) is 5.45. The number of amides is 1. The van der Waals surface area contributed by atoms with Gasteiger partial charge in [-0.3, -0.25) is 14.9 Å². The van der Waals surface area contributed by atoms with Gasteiger partial charge in [-0.25, -0.2) is 0 Å². The number of nitrogens with one attached hydrogen (secondary N) is 2. The van der Waals surface area contributed by atoms with Gasteiger partial charge in [-0.2, -0.15) is 5.26 Å². The van der Waals surface area contributed by atoms with E-state index in [0.29, 0.717) is 13.0 Å². The first kappa shape index (κ1) is 19.5. The van der Waals surface area contributed by atoms with Gasteiger partial charge in [0.1, 0.15) is 17.4 Å². The summed E-state index contributed by atoms with van der Waals surface area (Å²) in [5, 5.41) is 25.3. The Hall–Kier alpha value is -3.86. The minimum absolute atomic E-state index is 0.137. The number of anilines is 1. The van der Waals surface area contributed by atoms with Crippen LogP contribution in [0.15, 0.2) is 60.3 Å². The maximum atomic E-state index is 12.2. The van der Waals surface area contributed by atoms with Crippen LogP contribution in [0.2, 0.25) is 0 Å². The third-order valence-corrected chi connectivity index (χ3v) is 3.66. The molecule has 0 heterocycles. The third kappa shape index (κ3) is 5.57. The van der Waals surface area contributed by atoms with Crippen molar-refractivity contribution in [2.45, 2.75) is 6.42 Å². The van der Waals surface area contributed by atoms with Crippen LogP contribution in [0.5, 0.6) is 5.75 Å². The summed E-state index contributed by atoms with van der Waals surface area (Å²) in [5.74, 6) is 0.120. The minimum Gasteiger partial charge on any atom is -0.496 e. The Morgan fingerprint density at radius 3 is 2.78 bits per heavy atom.